The zero-order valence-corrected chi connectivity index (χ0v) is 18.6. The minimum Gasteiger partial charge on any atom is -0.488 e. The Labute approximate surface area is 198 Å². The number of alkyl halides is 6. The van der Waals surface area contributed by atoms with Crippen LogP contribution in [0.15, 0.2) is 47.3 Å². The van der Waals surface area contributed by atoms with Crippen LogP contribution in [0.2, 0.25) is 0 Å². The molecular weight excluding hydrogens is 510 g/mol. The molecule has 1 atom stereocenters. The average molecular weight is 530 g/mol. The van der Waals surface area contributed by atoms with Gasteiger partial charge in [0.05, 0.1) is 19.0 Å². The largest absolute Gasteiger partial charge is 0.490 e. The highest BCUT2D eigenvalue weighted by molar-refractivity contribution is 8.01. The molecule has 2 aliphatic heterocycles. The van der Waals surface area contributed by atoms with E-state index in [0.717, 1.165) is 43.3 Å². The van der Waals surface area contributed by atoms with Crippen LogP contribution in [0, 0.1) is 0 Å². The molecule has 0 bridgehead atoms. The lowest BCUT2D eigenvalue weighted by molar-refractivity contribution is -0.193. The first-order chi connectivity index (χ1) is 16.2. The minimum atomic E-state index is -5.08. The van der Waals surface area contributed by atoms with Crippen LogP contribution in [0.3, 0.4) is 0 Å². The van der Waals surface area contributed by atoms with Gasteiger partial charge in [-0.15, -0.1) is 11.8 Å². The highest BCUT2D eigenvalue weighted by Gasteiger charge is 2.49. The molecule has 2 N–H and O–H groups in total. The van der Waals surface area contributed by atoms with Crippen molar-refractivity contribution >= 4 is 23.7 Å². The smallest absolute Gasteiger partial charge is 0.488 e. The molecule has 2 fully saturated rings. The molecule has 8 nitrogen and oxygen atoms in total. The maximum absolute atomic E-state index is 10.6. The summed E-state index contributed by atoms with van der Waals surface area (Å²) < 4.78 is 75.3. The molecule has 4 rings (SSSR count). The van der Waals surface area contributed by atoms with E-state index in [0.29, 0.717) is 10.9 Å². The quantitative estimate of drug-likeness (QED) is 0.565. The Balaban J connectivity index is 0.000000257. The molecule has 0 amide bonds. The predicted molar refractivity (Wildman–Crippen MR) is 110 cm³/mol. The van der Waals surface area contributed by atoms with Crippen molar-refractivity contribution in [2.45, 2.75) is 36.2 Å². The second kappa shape index (κ2) is 11.7. The molecule has 2 aliphatic rings. The van der Waals surface area contributed by atoms with Gasteiger partial charge in [-0.25, -0.2) is 9.59 Å². The summed E-state index contributed by atoms with van der Waals surface area (Å²) in [6, 6.07) is 7.89. The van der Waals surface area contributed by atoms with Crippen molar-refractivity contribution in [3.05, 3.63) is 48.7 Å². The van der Waals surface area contributed by atoms with E-state index < -0.39 is 24.3 Å². The Hall–Kier alpha value is -2.94. The number of ether oxygens (including phenoxy) is 1. The number of halogens is 6. The van der Waals surface area contributed by atoms with Crippen LogP contribution in [-0.4, -0.2) is 74.1 Å². The lowest BCUT2D eigenvalue weighted by Crippen LogP contribution is -2.58. The predicted octanol–water partition coefficient (Wildman–Crippen LogP) is 4.08. The van der Waals surface area contributed by atoms with Crippen LogP contribution in [-0.2, 0) is 16.1 Å². The number of nitrogens with zero attached hydrogens (tertiary/aromatic N) is 2. The second-order valence-corrected chi connectivity index (χ2v) is 8.95. The van der Waals surface area contributed by atoms with Crippen molar-refractivity contribution < 1.29 is 55.3 Å². The van der Waals surface area contributed by atoms with Gasteiger partial charge in [-0.2, -0.15) is 26.3 Å². The number of carboxylic acids is 2. The molecule has 2 aromatic heterocycles. The molecule has 1 unspecified atom stereocenters. The highest BCUT2D eigenvalue weighted by Crippen LogP contribution is 2.46. The number of likely N-dealkylation sites (tertiary alicyclic amines) is 1. The third-order valence-corrected chi connectivity index (χ3v) is 6.16. The summed E-state index contributed by atoms with van der Waals surface area (Å²) in [5, 5.41) is 14.2. The first-order valence-corrected chi connectivity index (χ1v) is 10.7. The van der Waals surface area contributed by atoms with E-state index in [1.54, 1.807) is 18.7 Å². The van der Waals surface area contributed by atoms with Crippen LogP contribution in [0.1, 0.15) is 12.2 Å². The van der Waals surface area contributed by atoms with Gasteiger partial charge >= 0.3 is 24.3 Å². The molecule has 2 saturated heterocycles. The average Bonchev–Trinajstić information content (AvgIpc) is 3.38. The van der Waals surface area contributed by atoms with E-state index in [1.165, 1.54) is 0 Å². The lowest BCUT2D eigenvalue weighted by Gasteiger charge is -2.47. The molecule has 0 radical (unpaired) electrons. The number of carbonyl (C=O) groups is 2. The summed E-state index contributed by atoms with van der Waals surface area (Å²) >= 11 is 2.06. The van der Waals surface area contributed by atoms with E-state index in [9.17, 15) is 26.3 Å². The van der Waals surface area contributed by atoms with E-state index in [2.05, 4.69) is 21.6 Å². The minimum absolute atomic E-state index is 0.310. The first kappa shape index (κ1) is 28.3. The number of hydrogen-bond acceptors (Lipinski definition) is 7. The first-order valence-electron chi connectivity index (χ1n) is 9.76. The summed E-state index contributed by atoms with van der Waals surface area (Å²) in [5.74, 6) is -2.51. The van der Waals surface area contributed by atoms with Crippen molar-refractivity contribution in [2.75, 3.05) is 18.8 Å². The van der Waals surface area contributed by atoms with Crippen LogP contribution in [0.5, 0.6) is 5.75 Å². The number of rotatable bonds is 4. The van der Waals surface area contributed by atoms with Crippen LogP contribution in [0.25, 0.3) is 0 Å². The molecule has 0 aromatic carbocycles. The Morgan fingerprint density at radius 3 is 2.17 bits per heavy atom. The van der Waals surface area contributed by atoms with Crippen molar-refractivity contribution in [2.24, 2.45) is 0 Å². The number of furan rings is 1. The van der Waals surface area contributed by atoms with Crippen LogP contribution >= 0.6 is 11.8 Å². The number of carboxylic acid groups (broad SMARTS) is 2. The van der Waals surface area contributed by atoms with Gasteiger partial charge in [-0.1, -0.05) is 0 Å². The van der Waals surface area contributed by atoms with Gasteiger partial charge in [0, 0.05) is 36.2 Å². The molecule has 0 saturated carbocycles. The third kappa shape index (κ3) is 9.32. The van der Waals surface area contributed by atoms with Crippen LogP contribution < -0.4 is 4.74 Å². The van der Waals surface area contributed by atoms with Crippen molar-refractivity contribution in [3.63, 3.8) is 0 Å². The molecule has 4 heterocycles. The maximum Gasteiger partial charge on any atom is 0.490 e. The fourth-order valence-corrected chi connectivity index (χ4v) is 4.79. The number of aromatic nitrogens is 1. The number of pyridine rings is 1. The van der Waals surface area contributed by atoms with Gasteiger partial charge in [0.15, 0.2) is 0 Å². The highest BCUT2D eigenvalue weighted by atomic mass is 32.2. The standard InChI is InChI=1S/C16H18N2O2S.2C2HF3O2/c1-3-13(8-17-5-1)20-15-7-16(21-10-15)11-18(12-16)9-14-4-2-6-19-14;2*3-2(4,5)1(6)7/h1-6,8,15H,7,9-12H2;2*(H,6,7). The van der Waals surface area contributed by atoms with E-state index >= 15 is 0 Å². The molecule has 15 heteroatoms. The number of thioether (sulfide) groups is 1. The lowest BCUT2D eigenvalue weighted by atomic mass is 9.93. The summed E-state index contributed by atoms with van der Waals surface area (Å²) in [6.07, 6.45) is -3.42. The Kier molecular flexibility index (Phi) is 9.43. The SMILES string of the molecule is O=C(O)C(F)(F)F.O=C(O)C(F)(F)F.c1cncc(OC2CSC3(C2)CN(Cc2ccco2)C3)c1. The summed E-state index contributed by atoms with van der Waals surface area (Å²) in [7, 11) is 0. The molecule has 194 valence electrons. The Morgan fingerprint density at radius 1 is 1.11 bits per heavy atom. The van der Waals surface area contributed by atoms with Gasteiger partial charge < -0.3 is 19.4 Å². The van der Waals surface area contributed by atoms with Crippen molar-refractivity contribution in [1.82, 2.24) is 9.88 Å². The molecule has 1 spiro atoms. The zero-order chi connectivity index (χ0) is 26.3. The molecule has 35 heavy (non-hydrogen) atoms. The second-order valence-electron chi connectivity index (χ2n) is 7.46. The van der Waals surface area contributed by atoms with Gasteiger partial charge in [0.2, 0.25) is 0 Å². The normalized spacial score (nSPS) is 19.0. The zero-order valence-electron chi connectivity index (χ0n) is 17.8. The van der Waals surface area contributed by atoms with Gasteiger partial charge in [0.1, 0.15) is 17.6 Å². The van der Waals surface area contributed by atoms with E-state index in [1.807, 2.05) is 24.3 Å². The fourth-order valence-electron chi connectivity index (χ4n) is 3.21. The fraction of sp³-hybridized carbons (Fsp3) is 0.450. The Bertz CT molecular complexity index is 925. The monoisotopic (exact) mass is 530 g/mol. The van der Waals surface area contributed by atoms with Crippen molar-refractivity contribution in [1.29, 1.82) is 0 Å². The summed E-state index contributed by atoms with van der Waals surface area (Å²) in [6.45, 7) is 3.18. The van der Waals surface area contributed by atoms with Gasteiger partial charge in [-0.05, 0) is 24.3 Å². The molecule has 0 aliphatic carbocycles. The van der Waals surface area contributed by atoms with E-state index in [-0.39, 0.29) is 0 Å². The third-order valence-electron chi connectivity index (χ3n) is 4.58. The summed E-state index contributed by atoms with van der Waals surface area (Å²) in [5.41, 5.74) is 0. The topological polar surface area (TPSA) is 113 Å². The Morgan fingerprint density at radius 2 is 1.71 bits per heavy atom. The number of hydrogen-bond donors (Lipinski definition) is 2. The maximum atomic E-state index is 10.6. The van der Waals surface area contributed by atoms with Gasteiger partial charge in [0.25, 0.3) is 0 Å². The molecular formula is C20H20F6N2O6S. The molecule has 2 aromatic rings. The van der Waals surface area contributed by atoms with Crippen molar-refractivity contribution in [3.8, 4) is 5.75 Å². The number of aliphatic carboxylic acids is 2. The van der Waals surface area contributed by atoms with Gasteiger partial charge in [-0.3, -0.25) is 9.88 Å². The van der Waals surface area contributed by atoms with E-state index in [4.69, 9.17) is 29.0 Å². The van der Waals surface area contributed by atoms with Crippen LogP contribution in [0.4, 0.5) is 26.3 Å². The summed E-state index contributed by atoms with van der Waals surface area (Å²) in [4.78, 5) is 24.3.